The second-order valence-electron chi connectivity index (χ2n) is 6.52. The van der Waals surface area contributed by atoms with Gasteiger partial charge in [-0.25, -0.2) is 9.18 Å². The van der Waals surface area contributed by atoms with Gasteiger partial charge in [-0.15, -0.1) is 0 Å². The normalized spacial score (nSPS) is 12.7. The van der Waals surface area contributed by atoms with E-state index in [1.54, 1.807) is 12.1 Å². The van der Waals surface area contributed by atoms with Gasteiger partial charge in [-0.05, 0) is 24.1 Å². The van der Waals surface area contributed by atoms with Crippen molar-refractivity contribution in [3.05, 3.63) is 35.6 Å². The van der Waals surface area contributed by atoms with Gasteiger partial charge in [0.15, 0.2) is 0 Å². The SMILES string of the molecule is CCCCCC[C@H](NC(=O)[C@H](Cc1ccc(F)cc1)NC(C)=O)C(=O)OC. The minimum atomic E-state index is -0.865. The Morgan fingerprint density at radius 1 is 1.04 bits per heavy atom. The number of carbonyl (C=O) groups is 3. The Labute approximate surface area is 159 Å². The number of hydrogen-bond donors (Lipinski definition) is 2. The molecule has 7 heteroatoms. The van der Waals surface area contributed by atoms with Crippen LogP contribution in [0.4, 0.5) is 4.39 Å². The third kappa shape index (κ3) is 8.66. The number of methoxy groups -OCH3 is 1. The maximum Gasteiger partial charge on any atom is 0.328 e. The molecular weight excluding hydrogens is 351 g/mol. The zero-order valence-electron chi connectivity index (χ0n) is 16.2. The zero-order chi connectivity index (χ0) is 20.2. The Hall–Kier alpha value is -2.44. The number of ether oxygens (including phenoxy) is 1. The van der Waals surface area contributed by atoms with Crippen molar-refractivity contribution >= 4 is 17.8 Å². The van der Waals surface area contributed by atoms with Crippen molar-refractivity contribution in [3.8, 4) is 0 Å². The number of hydrogen-bond acceptors (Lipinski definition) is 4. The summed E-state index contributed by atoms with van der Waals surface area (Å²) < 4.78 is 17.8. The van der Waals surface area contributed by atoms with Crippen LogP contribution in [0.2, 0.25) is 0 Å². The van der Waals surface area contributed by atoms with E-state index in [-0.39, 0.29) is 18.1 Å². The van der Waals surface area contributed by atoms with Crippen LogP contribution in [-0.2, 0) is 25.5 Å². The van der Waals surface area contributed by atoms with Gasteiger partial charge in [0.2, 0.25) is 11.8 Å². The predicted molar refractivity (Wildman–Crippen MR) is 100 cm³/mol. The smallest absolute Gasteiger partial charge is 0.328 e. The molecule has 1 aromatic carbocycles. The number of esters is 1. The van der Waals surface area contributed by atoms with Gasteiger partial charge >= 0.3 is 5.97 Å². The summed E-state index contributed by atoms with van der Waals surface area (Å²) in [6.07, 6.45) is 4.54. The summed E-state index contributed by atoms with van der Waals surface area (Å²) >= 11 is 0. The number of carbonyl (C=O) groups excluding carboxylic acids is 3. The number of unbranched alkanes of at least 4 members (excludes halogenated alkanes) is 3. The lowest BCUT2D eigenvalue weighted by Gasteiger charge is -2.22. The van der Waals surface area contributed by atoms with E-state index in [4.69, 9.17) is 4.74 Å². The standard InChI is InChI=1S/C20H29FN2O4/c1-4-5-6-7-8-17(20(26)27-3)23-19(25)18(22-14(2)24)13-15-9-11-16(21)12-10-15/h9-12,17-18H,4-8,13H2,1-3H3,(H,22,24)(H,23,25)/t17-,18-/m0/s1. The summed E-state index contributed by atoms with van der Waals surface area (Å²) in [7, 11) is 1.28. The largest absolute Gasteiger partial charge is 0.467 e. The Morgan fingerprint density at radius 2 is 1.70 bits per heavy atom. The van der Waals surface area contributed by atoms with Gasteiger partial charge in [-0.3, -0.25) is 9.59 Å². The van der Waals surface area contributed by atoms with E-state index in [9.17, 15) is 18.8 Å². The molecule has 2 atom stereocenters. The lowest BCUT2D eigenvalue weighted by Crippen LogP contribution is -2.52. The van der Waals surface area contributed by atoms with E-state index in [1.807, 2.05) is 0 Å². The molecule has 0 unspecified atom stereocenters. The number of rotatable bonds is 11. The van der Waals surface area contributed by atoms with Crippen LogP contribution >= 0.6 is 0 Å². The van der Waals surface area contributed by atoms with Gasteiger partial charge in [0.25, 0.3) is 0 Å². The maximum atomic E-state index is 13.1. The molecule has 0 saturated carbocycles. The molecule has 27 heavy (non-hydrogen) atoms. The van der Waals surface area contributed by atoms with E-state index in [2.05, 4.69) is 17.6 Å². The first-order chi connectivity index (χ1) is 12.9. The fraction of sp³-hybridized carbons (Fsp3) is 0.550. The van der Waals surface area contributed by atoms with Crippen LogP contribution in [0.5, 0.6) is 0 Å². The molecule has 0 saturated heterocycles. The van der Waals surface area contributed by atoms with E-state index in [0.29, 0.717) is 12.0 Å². The van der Waals surface area contributed by atoms with E-state index < -0.39 is 24.0 Å². The molecule has 0 aromatic heterocycles. The highest BCUT2D eigenvalue weighted by Crippen LogP contribution is 2.09. The van der Waals surface area contributed by atoms with Crippen LogP contribution < -0.4 is 10.6 Å². The Kier molecular flexibility index (Phi) is 10.1. The lowest BCUT2D eigenvalue weighted by molar-refractivity contribution is -0.145. The summed E-state index contributed by atoms with van der Waals surface area (Å²) in [5.41, 5.74) is 0.697. The molecule has 0 fully saturated rings. The molecule has 1 aromatic rings. The molecule has 0 aliphatic carbocycles. The number of nitrogens with one attached hydrogen (secondary N) is 2. The van der Waals surface area contributed by atoms with Crippen LogP contribution in [0.1, 0.15) is 51.5 Å². The lowest BCUT2D eigenvalue weighted by atomic mass is 10.0. The van der Waals surface area contributed by atoms with Crippen molar-refractivity contribution < 1.29 is 23.5 Å². The van der Waals surface area contributed by atoms with Gasteiger partial charge in [-0.1, -0.05) is 44.7 Å². The Balaban J connectivity index is 2.79. The second-order valence-corrected chi connectivity index (χ2v) is 6.52. The average Bonchev–Trinajstić information content (AvgIpc) is 2.64. The second kappa shape index (κ2) is 12.0. The van der Waals surface area contributed by atoms with Gasteiger partial charge in [0.1, 0.15) is 17.9 Å². The van der Waals surface area contributed by atoms with Crippen molar-refractivity contribution in [1.82, 2.24) is 10.6 Å². The first-order valence-electron chi connectivity index (χ1n) is 9.27. The molecule has 0 heterocycles. The maximum absolute atomic E-state index is 13.1. The third-order valence-corrected chi connectivity index (χ3v) is 4.20. The van der Waals surface area contributed by atoms with Crippen LogP contribution in [0, 0.1) is 5.82 Å². The fourth-order valence-electron chi connectivity index (χ4n) is 2.75. The summed E-state index contributed by atoms with van der Waals surface area (Å²) in [5.74, 6) is -1.73. The summed E-state index contributed by atoms with van der Waals surface area (Å²) in [4.78, 5) is 36.1. The van der Waals surface area contributed by atoms with E-state index >= 15 is 0 Å². The molecule has 150 valence electrons. The molecule has 0 aliphatic rings. The molecule has 6 nitrogen and oxygen atoms in total. The van der Waals surface area contributed by atoms with Crippen molar-refractivity contribution in [2.24, 2.45) is 0 Å². The monoisotopic (exact) mass is 380 g/mol. The van der Waals surface area contributed by atoms with E-state index in [0.717, 1.165) is 25.7 Å². The Morgan fingerprint density at radius 3 is 2.26 bits per heavy atom. The molecule has 2 N–H and O–H groups in total. The summed E-state index contributed by atoms with van der Waals surface area (Å²) in [6, 6.07) is 4.08. The van der Waals surface area contributed by atoms with Gasteiger partial charge in [0, 0.05) is 13.3 Å². The third-order valence-electron chi connectivity index (χ3n) is 4.20. The number of benzene rings is 1. The Bertz CT molecular complexity index is 619. The van der Waals surface area contributed by atoms with Crippen molar-refractivity contribution in [3.63, 3.8) is 0 Å². The highest BCUT2D eigenvalue weighted by molar-refractivity contribution is 5.90. The van der Waals surface area contributed by atoms with E-state index in [1.165, 1.54) is 26.2 Å². The van der Waals surface area contributed by atoms with Crippen LogP contribution in [0.25, 0.3) is 0 Å². The van der Waals surface area contributed by atoms with Crippen LogP contribution in [0.15, 0.2) is 24.3 Å². The molecular formula is C20H29FN2O4. The van der Waals surface area contributed by atoms with Crippen molar-refractivity contribution in [2.75, 3.05) is 7.11 Å². The first-order valence-corrected chi connectivity index (χ1v) is 9.27. The average molecular weight is 380 g/mol. The minimum absolute atomic E-state index is 0.190. The molecule has 0 radical (unpaired) electrons. The topological polar surface area (TPSA) is 84.5 Å². The molecule has 2 amide bonds. The van der Waals surface area contributed by atoms with Crippen molar-refractivity contribution in [1.29, 1.82) is 0 Å². The van der Waals surface area contributed by atoms with Crippen LogP contribution in [0.3, 0.4) is 0 Å². The fourth-order valence-corrected chi connectivity index (χ4v) is 2.75. The highest BCUT2D eigenvalue weighted by atomic mass is 19.1. The number of amides is 2. The predicted octanol–water partition coefficient (Wildman–Crippen LogP) is 2.50. The molecule has 1 rings (SSSR count). The van der Waals surface area contributed by atoms with Gasteiger partial charge < -0.3 is 15.4 Å². The van der Waals surface area contributed by atoms with Gasteiger partial charge in [-0.2, -0.15) is 0 Å². The summed E-state index contributed by atoms with van der Waals surface area (Å²) in [5, 5.41) is 5.26. The van der Waals surface area contributed by atoms with Crippen LogP contribution in [-0.4, -0.2) is 37.0 Å². The molecule has 0 aliphatic heterocycles. The highest BCUT2D eigenvalue weighted by Gasteiger charge is 2.26. The first kappa shape index (κ1) is 22.6. The molecule has 0 spiro atoms. The number of halogens is 1. The quantitative estimate of drug-likeness (QED) is 0.456. The zero-order valence-corrected chi connectivity index (χ0v) is 16.2. The summed E-state index contributed by atoms with van der Waals surface area (Å²) in [6.45, 7) is 3.40. The minimum Gasteiger partial charge on any atom is -0.467 e. The van der Waals surface area contributed by atoms with Crippen molar-refractivity contribution in [2.45, 2.75) is 64.5 Å². The van der Waals surface area contributed by atoms with Gasteiger partial charge in [0.05, 0.1) is 7.11 Å². The molecule has 0 bridgehead atoms.